The average Bonchev–Trinajstić information content (AvgIpc) is 2.32. The Morgan fingerprint density at radius 3 is 2.71 bits per heavy atom. The lowest BCUT2D eigenvalue weighted by atomic mass is 10.1. The monoisotopic (exact) mass is 247 g/mol. The number of pyridine rings is 1. The van der Waals surface area contributed by atoms with Crippen LogP contribution in [0, 0.1) is 0 Å². The first-order chi connectivity index (χ1) is 8.18. The first-order valence-electron chi connectivity index (χ1n) is 5.40. The third kappa shape index (κ3) is 2.68. The van der Waals surface area contributed by atoms with Crippen LogP contribution in [0.25, 0.3) is 0 Å². The molecule has 4 heteroatoms. The van der Waals surface area contributed by atoms with Crippen LogP contribution in [-0.4, -0.2) is 4.98 Å². The maximum absolute atomic E-state index is 6.04. The van der Waals surface area contributed by atoms with E-state index in [9.17, 15) is 0 Å². The lowest BCUT2D eigenvalue weighted by Gasteiger charge is -2.17. The Bertz CT molecular complexity index is 514. The van der Waals surface area contributed by atoms with Crippen molar-refractivity contribution in [3.8, 4) is 0 Å². The van der Waals surface area contributed by atoms with Crippen LogP contribution in [0.3, 0.4) is 0 Å². The summed E-state index contributed by atoms with van der Waals surface area (Å²) in [5.74, 6) is 0.671. The first-order valence-corrected chi connectivity index (χ1v) is 5.77. The summed E-state index contributed by atoms with van der Waals surface area (Å²) >= 11 is 6.04. The Kier molecular flexibility index (Phi) is 3.49. The highest BCUT2D eigenvalue weighted by molar-refractivity contribution is 6.32. The number of nitrogens with two attached hydrogens (primary N) is 1. The molecule has 1 aromatic carbocycles. The molecule has 17 heavy (non-hydrogen) atoms. The van der Waals surface area contributed by atoms with E-state index in [1.807, 2.05) is 31.2 Å². The molecule has 0 aliphatic carbocycles. The van der Waals surface area contributed by atoms with E-state index in [1.54, 1.807) is 18.3 Å². The van der Waals surface area contributed by atoms with Gasteiger partial charge in [-0.1, -0.05) is 29.8 Å². The normalized spacial score (nSPS) is 12.1. The summed E-state index contributed by atoms with van der Waals surface area (Å²) in [4.78, 5) is 4.19. The molecule has 3 N–H and O–H groups in total. The minimum atomic E-state index is 0.0589. The maximum atomic E-state index is 6.04. The second-order valence-electron chi connectivity index (χ2n) is 3.83. The molecule has 88 valence electrons. The van der Waals surface area contributed by atoms with E-state index in [0.29, 0.717) is 10.8 Å². The van der Waals surface area contributed by atoms with Crippen molar-refractivity contribution in [2.24, 2.45) is 0 Å². The second-order valence-corrected chi connectivity index (χ2v) is 4.24. The molecule has 3 nitrogen and oxygen atoms in total. The van der Waals surface area contributed by atoms with Crippen molar-refractivity contribution < 1.29 is 0 Å². The van der Waals surface area contributed by atoms with E-state index in [0.717, 1.165) is 11.3 Å². The first kappa shape index (κ1) is 11.7. The van der Waals surface area contributed by atoms with Gasteiger partial charge < -0.3 is 11.1 Å². The number of hydrogen-bond acceptors (Lipinski definition) is 3. The average molecular weight is 248 g/mol. The molecule has 0 aliphatic rings. The van der Waals surface area contributed by atoms with E-state index in [4.69, 9.17) is 17.3 Å². The van der Waals surface area contributed by atoms with Gasteiger partial charge in [0.25, 0.3) is 0 Å². The van der Waals surface area contributed by atoms with Crippen molar-refractivity contribution in [2.45, 2.75) is 13.0 Å². The Morgan fingerprint density at radius 1 is 1.24 bits per heavy atom. The van der Waals surface area contributed by atoms with Crippen LogP contribution in [0.2, 0.25) is 5.02 Å². The molecule has 0 fully saturated rings. The molecular formula is C13H14ClN3. The number of halogens is 1. The Hall–Kier alpha value is -1.74. The van der Waals surface area contributed by atoms with Gasteiger partial charge in [0.15, 0.2) is 0 Å². The van der Waals surface area contributed by atoms with Crippen molar-refractivity contribution in [1.29, 1.82) is 0 Å². The third-order valence-electron chi connectivity index (χ3n) is 2.57. The molecule has 0 saturated carbocycles. The summed E-state index contributed by atoms with van der Waals surface area (Å²) in [7, 11) is 0. The van der Waals surface area contributed by atoms with E-state index in [1.165, 1.54) is 0 Å². The lowest BCUT2D eigenvalue weighted by Crippen LogP contribution is -2.10. The summed E-state index contributed by atoms with van der Waals surface area (Å²) in [5, 5.41) is 3.85. The largest absolute Gasteiger partial charge is 0.398 e. The smallest absolute Gasteiger partial charge is 0.145 e. The van der Waals surface area contributed by atoms with Crippen LogP contribution in [0.15, 0.2) is 42.6 Å². The molecule has 2 rings (SSSR count). The molecule has 0 aliphatic heterocycles. The number of nitrogens with zero attached hydrogens (tertiary/aromatic N) is 1. The fourth-order valence-electron chi connectivity index (χ4n) is 1.68. The van der Waals surface area contributed by atoms with Crippen LogP contribution in [0.5, 0.6) is 0 Å². The second kappa shape index (κ2) is 5.06. The van der Waals surface area contributed by atoms with Gasteiger partial charge >= 0.3 is 0 Å². The maximum Gasteiger partial charge on any atom is 0.145 e. The van der Waals surface area contributed by atoms with Crippen LogP contribution >= 0.6 is 11.6 Å². The van der Waals surface area contributed by atoms with Gasteiger partial charge in [-0.15, -0.1) is 0 Å². The SMILES string of the molecule is CC(Nc1ncccc1Cl)c1ccccc1N. The molecule has 0 amide bonds. The number of para-hydroxylation sites is 1. The number of nitrogen functional groups attached to an aromatic ring is 1. The molecule has 2 aromatic rings. The van der Waals surface area contributed by atoms with Gasteiger partial charge in [-0.3, -0.25) is 0 Å². The van der Waals surface area contributed by atoms with Crippen LogP contribution < -0.4 is 11.1 Å². The van der Waals surface area contributed by atoms with E-state index >= 15 is 0 Å². The predicted octanol–water partition coefficient (Wildman–Crippen LogP) is 3.49. The zero-order valence-corrected chi connectivity index (χ0v) is 10.3. The summed E-state index contributed by atoms with van der Waals surface area (Å²) in [6, 6.07) is 11.4. The highest BCUT2D eigenvalue weighted by atomic mass is 35.5. The number of anilines is 2. The molecular weight excluding hydrogens is 234 g/mol. The minimum Gasteiger partial charge on any atom is -0.398 e. The number of hydrogen-bond donors (Lipinski definition) is 2. The van der Waals surface area contributed by atoms with Crippen molar-refractivity contribution in [1.82, 2.24) is 4.98 Å². The Morgan fingerprint density at radius 2 is 2.00 bits per heavy atom. The van der Waals surface area contributed by atoms with Gasteiger partial charge in [-0.05, 0) is 30.7 Å². The zero-order chi connectivity index (χ0) is 12.3. The van der Waals surface area contributed by atoms with Gasteiger partial charge in [0.1, 0.15) is 5.82 Å². The van der Waals surface area contributed by atoms with Gasteiger partial charge in [0, 0.05) is 11.9 Å². The molecule has 0 saturated heterocycles. The summed E-state index contributed by atoms with van der Waals surface area (Å²) in [5.41, 5.74) is 7.72. The number of benzene rings is 1. The number of nitrogens with one attached hydrogen (secondary N) is 1. The number of rotatable bonds is 3. The highest BCUT2D eigenvalue weighted by Gasteiger charge is 2.10. The molecule has 0 spiro atoms. The topological polar surface area (TPSA) is 50.9 Å². The number of aromatic nitrogens is 1. The minimum absolute atomic E-state index is 0.0589. The van der Waals surface area contributed by atoms with Crippen LogP contribution in [0.1, 0.15) is 18.5 Å². The van der Waals surface area contributed by atoms with Crippen LogP contribution in [0.4, 0.5) is 11.5 Å². The van der Waals surface area contributed by atoms with Crippen molar-refractivity contribution in [3.63, 3.8) is 0 Å². The van der Waals surface area contributed by atoms with Gasteiger partial charge in [0.05, 0.1) is 11.1 Å². The Labute approximate surface area is 106 Å². The summed E-state index contributed by atoms with van der Waals surface area (Å²) < 4.78 is 0. The molecule has 0 radical (unpaired) electrons. The summed E-state index contributed by atoms with van der Waals surface area (Å²) in [6.07, 6.45) is 1.70. The van der Waals surface area contributed by atoms with E-state index in [2.05, 4.69) is 10.3 Å². The third-order valence-corrected chi connectivity index (χ3v) is 2.88. The van der Waals surface area contributed by atoms with Crippen LogP contribution in [-0.2, 0) is 0 Å². The van der Waals surface area contributed by atoms with Crippen molar-refractivity contribution in [2.75, 3.05) is 11.1 Å². The fourth-order valence-corrected chi connectivity index (χ4v) is 1.86. The van der Waals surface area contributed by atoms with E-state index in [-0.39, 0.29) is 6.04 Å². The van der Waals surface area contributed by atoms with Gasteiger partial charge in [0.2, 0.25) is 0 Å². The van der Waals surface area contributed by atoms with Crippen molar-refractivity contribution >= 4 is 23.1 Å². The van der Waals surface area contributed by atoms with Crippen molar-refractivity contribution in [3.05, 3.63) is 53.2 Å². The zero-order valence-electron chi connectivity index (χ0n) is 9.52. The molecule has 1 heterocycles. The van der Waals surface area contributed by atoms with Gasteiger partial charge in [-0.25, -0.2) is 4.98 Å². The summed E-state index contributed by atoms with van der Waals surface area (Å²) in [6.45, 7) is 2.02. The van der Waals surface area contributed by atoms with E-state index < -0.39 is 0 Å². The van der Waals surface area contributed by atoms with Gasteiger partial charge in [-0.2, -0.15) is 0 Å². The molecule has 1 aromatic heterocycles. The standard InChI is InChI=1S/C13H14ClN3/c1-9(10-5-2-3-7-12(10)15)17-13-11(14)6-4-8-16-13/h2-9H,15H2,1H3,(H,16,17). The molecule has 0 bridgehead atoms. The molecule has 1 unspecified atom stereocenters. The Balaban J connectivity index is 2.20. The fraction of sp³-hybridized carbons (Fsp3) is 0.154. The lowest BCUT2D eigenvalue weighted by molar-refractivity contribution is 0.878. The quantitative estimate of drug-likeness (QED) is 0.817. The molecule has 1 atom stereocenters. The highest BCUT2D eigenvalue weighted by Crippen LogP contribution is 2.26. The predicted molar refractivity (Wildman–Crippen MR) is 72.1 cm³/mol.